The van der Waals surface area contributed by atoms with Crippen LogP contribution in [0.15, 0.2) is 12.3 Å². The van der Waals surface area contributed by atoms with Crippen molar-refractivity contribution in [1.82, 2.24) is 14.6 Å². The molecule has 2 aromatic heterocycles. The second-order valence-corrected chi connectivity index (χ2v) is 5.67. The summed E-state index contributed by atoms with van der Waals surface area (Å²) in [7, 11) is 0. The molecule has 0 radical (unpaired) electrons. The molecule has 4 nitrogen and oxygen atoms in total. The maximum Gasteiger partial charge on any atom is 0.157 e. The van der Waals surface area contributed by atoms with Crippen molar-refractivity contribution in [3.8, 4) is 0 Å². The summed E-state index contributed by atoms with van der Waals surface area (Å²) in [6.45, 7) is 9.88. The first-order chi connectivity index (χ1) is 7.98. The summed E-state index contributed by atoms with van der Waals surface area (Å²) in [6, 6.07) is 1.96. The largest absolute Gasteiger partial charge is 0.351 e. The molecule has 2 aromatic rings. The zero-order valence-electron chi connectivity index (χ0n) is 10.9. The van der Waals surface area contributed by atoms with E-state index >= 15 is 0 Å². The van der Waals surface area contributed by atoms with Crippen molar-refractivity contribution in [2.75, 3.05) is 11.4 Å². The van der Waals surface area contributed by atoms with E-state index in [1.54, 1.807) is 0 Å². The molecule has 4 heteroatoms. The van der Waals surface area contributed by atoms with Crippen LogP contribution in [0.4, 0.5) is 5.82 Å². The average molecular weight is 230 g/mol. The van der Waals surface area contributed by atoms with Gasteiger partial charge in [-0.15, -0.1) is 0 Å². The van der Waals surface area contributed by atoms with E-state index in [-0.39, 0.29) is 5.54 Å². The van der Waals surface area contributed by atoms with Crippen molar-refractivity contribution >= 4 is 11.5 Å². The number of aromatic nitrogens is 3. The summed E-state index contributed by atoms with van der Waals surface area (Å²) in [4.78, 5) is 7.03. The summed E-state index contributed by atoms with van der Waals surface area (Å²) in [6.07, 6.45) is 2.89. The number of anilines is 1. The Balaban J connectivity index is 2.31. The summed E-state index contributed by atoms with van der Waals surface area (Å²) >= 11 is 0. The van der Waals surface area contributed by atoms with E-state index in [2.05, 4.69) is 42.7 Å². The van der Waals surface area contributed by atoms with Crippen LogP contribution in [0.2, 0.25) is 0 Å². The van der Waals surface area contributed by atoms with Gasteiger partial charge in [-0.25, -0.2) is 4.98 Å². The minimum Gasteiger partial charge on any atom is -0.351 e. The van der Waals surface area contributed by atoms with E-state index in [1.807, 2.05) is 16.8 Å². The number of hydrogen-bond acceptors (Lipinski definition) is 3. The van der Waals surface area contributed by atoms with Crippen LogP contribution in [0, 0.1) is 6.92 Å². The molecule has 3 rings (SSSR count). The van der Waals surface area contributed by atoms with Gasteiger partial charge in [-0.3, -0.25) is 0 Å². The zero-order valence-corrected chi connectivity index (χ0v) is 10.9. The molecular formula is C13H18N4. The van der Waals surface area contributed by atoms with Crippen molar-refractivity contribution in [2.45, 2.75) is 39.7 Å². The molecule has 0 aromatic carbocycles. The molecule has 0 N–H and O–H groups in total. The SMILES string of the molecule is Cc1nc2ccnn2c2c1CCN2C(C)(C)C. The highest BCUT2D eigenvalue weighted by Crippen LogP contribution is 2.34. The first-order valence-electron chi connectivity index (χ1n) is 6.09. The highest BCUT2D eigenvalue weighted by Gasteiger charge is 2.32. The first kappa shape index (κ1) is 10.6. The Hall–Kier alpha value is -1.58. The molecule has 3 heterocycles. The van der Waals surface area contributed by atoms with Gasteiger partial charge in [-0.05, 0) is 34.1 Å². The van der Waals surface area contributed by atoms with Gasteiger partial charge in [0.2, 0.25) is 0 Å². The van der Waals surface area contributed by atoms with Crippen LogP contribution < -0.4 is 4.90 Å². The lowest BCUT2D eigenvalue weighted by Crippen LogP contribution is -2.41. The molecule has 17 heavy (non-hydrogen) atoms. The Morgan fingerprint density at radius 3 is 2.76 bits per heavy atom. The van der Waals surface area contributed by atoms with E-state index in [1.165, 1.54) is 11.4 Å². The summed E-state index contributed by atoms with van der Waals surface area (Å²) in [5, 5.41) is 4.41. The minimum atomic E-state index is 0.123. The fourth-order valence-electron chi connectivity index (χ4n) is 2.63. The van der Waals surface area contributed by atoms with Crippen molar-refractivity contribution in [2.24, 2.45) is 0 Å². The maximum atomic E-state index is 4.60. The molecule has 0 aliphatic carbocycles. The molecule has 0 amide bonds. The monoisotopic (exact) mass is 230 g/mol. The van der Waals surface area contributed by atoms with E-state index < -0.39 is 0 Å². The van der Waals surface area contributed by atoms with E-state index in [9.17, 15) is 0 Å². The number of fused-ring (bicyclic) bond motifs is 3. The predicted octanol–water partition coefficient (Wildman–Crippen LogP) is 2.20. The molecule has 0 fully saturated rings. The van der Waals surface area contributed by atoms with Gasteiger partial charge in [-0.2, -0.15) is 9.61 Å². The molecule has 0 spiro atoms. The van der Waals surface area contributed by atoms with Crippen LogP contribution in [-0.4, -0.2) is 26.7 Å². The van der Waals surface area contributed by atoms with Crippen LogP contribution in [-0.2, 0) is 6.42 Å². The number of hydrogen-bond donors (Lipinski definition) is 0. The normalized spacial score (nSPS) is 15.6. The lowest BCUT2D eigenvalue weighted by atomic mass is 10.1. The van der Waals surface area contributed by atoms with Gasteiger partial charge in [0, 0.05) is 29.4 Å². The van der Waals surface area contributed by atoms with Gasteiger partial charge in [0.15, 0.2) is 5.65 Å². The lowest BCUT2D eigenvalue weighted by molar-refractivity contribution is 0.510. The van der Waals surface area contributed by atoms with Gasteiger partial charge in [0.25, 0.3) is 0 Å². The van der Waals surface area contributed by atoms with E-state index in [0.717, 1.165) is 24.3 Å². The Bertz CT molecular complexity index is 577. The Morgan fingerprint density at radius 2 is 2.06 bits per heavy atom. The highest BCUT2D eigenvalue weighted by atomic mass is 15.4. The molecule has 0 atom stereocenters. The second kappa shape index (κ2) is 3.22. The molecule has 0 unspecified atom stereocenters. The van der Waals surface area contributed by atoms with Crippen LogP contribution in [0.1, 0.15) is 32.0 Å². The summed E-state index contributed by atoms with van der Waals surface area (Å²) in [5.74, 6) is 1.23. The van der Waals surface area contributed by atoms with Crippen LogP contribution >= 0.6 is 0 Å². The third-order valence-corrected chi connectivity index (χ3v) is 3.46. The van der Waals surface area contributed by atoms with Crippen LogP contribution in [0.3, 0.4) is 0 Å². The van der Waals surface area contributed by atoms with E-state index in [0.29, 0.717) is 0 Å². The molecule has 0 saturated carbocycles. The molecule has 1 aliphatic rings. The van der Waals surface area contributed by atoms with Gasteiger partial charge in [0.05, 0.1) is 6.20 Å². The number of rotatable bonds is 0. The third-order valence-electron chi connectivity index (χ3n) is 3.46. The topological polar surface area (TPSA) is 33.4 Å². The van der Waals surface area contributed by atoms with Gasteiger partial charge < -0.3 is 4.90 Å². The Kier molecular flexibility index (Phi) is 2.00. The van der Waals surface area contributed by atoms with Crippen molar-refractivity contribution in [3.05, 3.63) is 23.5 Å². The fourth-order valence-corrected chi connectivity index (χ4v) is 2.63. The van der Waals surface area contributed by atoms with Gasteiger partial charge in [-0.1, -0.05) is 0 Å². The van der Waals surface area contributed by atoms with Gasteiger partial charge in [0.1, 0.15) is 5.82 Å². The predicted molar refractivity (Wildman–Crippen MR) is 68.5 cm³/mol. The van der Waals surface area contributed by atoms with Crippen molar-refractivity contribution in [3.63, 3.8) is 0 Å². The lowest BCUT2D eigenvalue weighted by Gasteiger charge is -2.34. The van der Waals surface area contributed by atoms with Crippen LogP contribution in [0.5, 0.6) is 0 Å². The quantitative estimate of drug-likeness (QED) is 0.695. The Labute approximate surface area is 101 Å². The number of nitrogens with zero attached hydrogens (tertiary/aromatic N) is 4. The summed E-state index contributed by atoms with van der Waals surface area (Å²) in [5.41, 5.74) is 3.55. The number of aryl methyl sites for hydroxylation is 1. The zero-order chi connectivity index (χ0) is 12.2. The Morgan fingerprint density at radius 1 is 1.29 bits per heavy atom. The maximum absolute atomic E-state index is 4.60. The fraction of sp³-hybridized carbons (Fsp3) is 0.538. The third kappa shape index (κ3) is 1.43. The molecule has 0 saturated heterocycles. The van der Waals surface area contributed by atoms with Crippen molar-refractivity contribution < 1.29 is 0 Å². The average Bonchev–Trinajstić information content (AvgIpc) is 2.78. The highest BCUT2D eigenvalue weighted by molar-refractivity contribution is 5.61. The smallest absolute Gasteiger partial charge is 0.157 e. The standard InChI is InChI=1S/C13H18N4/c1-9-10-6-8-16(13(2,3)4)12(10)17-11(15-9)5-7-14-17/h5,7H,6,8H2,1-4H3. The van der Waals surface area contributed by atoms with Crippen molar-refractivity contribution in [1.29, 1.82) is 0 Å². The van der Waals surface area contributed by atoms with Gasteiger partial charge >= 0.3 is 0 Å². The molecule has 0 bridgehead atoms. The molecule has 1 aliphatic heterocycles. The van der Waals surface area contributed by atoms with E-state index in [4.69, 9.17) is 0 Å². The second-order valence-electron chi connectivity index (χ2n) is 5.67. The first-order valence-corrected chi connectivity index (χ1v) is 6.09. The summed E-state index contributed by atoms with van der Waals surface area (Å²) < 4.78 is 1.97. The molecular weight excluding hydrogens is 212 g/mol. The van der Waals surface area contributed by atoms with Crippen LogP contribution in [0.25, 0.3) is 5.65 Å². The molecule has 90 valence electrons. The minimum absolute atomic E-state index is 0.123.